The Labute approximate surface area is 132 Å². The summed E-state index contributed by atoms with van der Waals surface area (Å²) in [4.78, 5) is 0. The van der Waals surface area contributed by atoms with E-state index in [4.69, 9.17) is 4.74 Å². The number of ether oxygens (including phenoxy) is 1. The first-order valence-electron chi connectivity index (χ1n) is 8.82. The number of unbranched alkanes of at least 4 members (excludes halogenated alkanes) is 3. The second kappa shape index (κ2) is 14.3. The van der Waals surface area contributed by atoms with E-state index >= 15 is 0 Å². The summed E-state index contributed by atoms with van der Waals surface area (Å²) >= 11 is -2.19. The van der Waals surface area contributed by atoms with Gasteiger partial charge in [-0.1, -0.05) is 0 Å². The zero-order valence-corrected chi connectivity index (χ0v) is 17.2. The second-order valence-electron chi connectivity index (χ2n) is 5.95. The van der Waals surface area contributed by atoms with Gasteiger partial charge in [-0.25, -0.2) is 0 Å². The predicted molar refractivity (Wildman–Crippen MR) is 93.8 cm³/mol. The van der Waals surface area contributed by atoms with E-state index in [2.05, 4.69) is 37.6 Å². The normalized spacial score (nSPS) is 11.2. The molecule has 0 aromatic rings. The van der Waals surface area contributed by atoms with E-state index in [-0.39, 0.29) is 0 Å². The SMILES string of the molecule is CCC[CH2][Sn]([C]#CCOCCC)([CH2]CCC)[CH2]CCC. The van der Waals surface area contributed by atoms with Gasteiger partial charge in [-0.3, -0.25) is 0 Å². The van der Waals surface area contributed by atoms with Gasteiger partial charge in [-0.2, -0.15) is 0 Å². The Morgan fingerprint density at radius 1 is 0.750 bits per heavy atom. The fourth-order valence-corrected chi connectivity index (χ4v) is 15.9. The zero-order chi connectivity index (χ0) is 15.1. The summed E-state index contributed by atoms with van der Waals surface area (Å²) in [5, 5.41) is 0. The number of hydrogen-bond acceptors (Lipinski definition) is 1. The third kappa shape index (κ3) is 10.1. The van der Waals surface area contributed by atoms with Gasteiger partial charge in [0, 0.05) is 0 Å². The molecule has 0 aromatic carbocycles. The van der Waals surface area contributed by atoms with Gasteiger partial charge in [0.2, 0.25) is 0 Å². The van der Waals surface area contributed by atoms with Crippen LogP contribution in [0.1, 0.15) is 72.6 Å². The van der Waals surface area contributed by atoms with E-state index in [0.717, 1.165) is 13.0 Å². The van der Waals surface area contributed by atoms with E-state index in [9.17, 15) is 0 Å². The van der Waals surface area contributed by atoms with Crippen molar-refractivity contribution in [2.75, 3.05) is 13.2 Å². The maximum absolute atomic E-state index is 5.55. The molecule has 0 aliphatic rings. The molecule has 0 saturated carbocycles. The first-order chi connectivity index (χ1) is 9.74. The Kier molecular flexibility index (Phi) is 14.5. The third-order valence-corrected chi connectivity index (χ3v) is 17.1. The molecule has 0 amide bonds. The van der Waals surface area contributed by atoms with Crippen molar-refractivity contribution in [3.63, 3.8) is 0 Å². The summed E-state index contributed by atoms with van der Waals surface area (Å²) in [6.45, 7) is 10.6. The van der Waals surface area contributed by atoms with Crippen molar-refractivity contribution in [2.24, 2.45) is 0 Å². The minimum absolute atomic E-state index is 0.664. The summed E-state index contributed by atoms with van der Waals surface area (Å²) in [5.41, 5.74) is 0. The van der Waals surface area contributed by atoms with Gasteiger partial charge in [-0.15, -0.1) is 0 Å². The van der Waals surface area contributed by atoms with Crippen LogP contribution in [0.25, 0.3) is 0 Å². The second-order valence-corrected chi connectivity index (χ2v) is 18.2. The van der Waals surface area contributed by atoms with Crippen LogP contribution in [0.5, 0.6) is 0 Å². The molecule has 0 aliphatic heterocycles. The topological polar surface area (TPSA) is 9.23 Å². The molecule has 0 fully saturated rings. The first kappa shape index (κ1) is 20.3. The van der Waals surface area contributed by atoms with E-state index < -0.39 is 18.4 Å². The molecule has 1 nitrogen and oxygen atoms in total. The van der Waals surface area contributed by atoms with Crippen LogP contribution in [0.4, 0.5) is 0 Å². The van der Waals surface area contributed by atoms with Crippen LogP contribution in [-0.2, 0) is 4.74 Å². The van der Waals surface area contributed by atoms with Crippen molar-refractivity contribution < 1.29 is 4.74 Å². The molecule has 0 atom stereocenters. The van der Waals surface area contributed by atoms with Crippen molar-refractivity contribution in [1.29, 1.82) is 0 Å². The van der Waals surface area contributed by atoms with Crippen molar-refractivity contribution in [3.8, 4) is 9.86 Å². The molecule has 0 rings (SSSR count). The molecule has 118 valence electrons. The summed E-state index contributed by atoms with van der Waals surface area (Å²) < 4.78 is 13.8. The van der Waals surface area contributed by atoms with Gasteiger partial charge < -0.3 is 0 Å². The van der Waals surface area contributed by atoms with Crippen molar-refractivity contribution in [1.82, 2.24) is 0 Å². The fourth-order valence-electron chi connectivity index (χ4n) is 2.60. The zero-order valence-electron chi connectivity index (χ0n) is 14.4. The Morgan fingerprint density at radius 2 is 1.25 bits per heavy atom. The van der Waals surface area contributed by atoms with Crippen LogP contribution >= 0.6 is 0 Å². The molecule has 0 saturated heterocycles. The van der Waals surface area contributed by atoms with E-state index in [0.29, 0.717) is 6.61 Å². The maximum atomic E-state index is 5.55. The quantitative estimate of drug-likeness (QED) is 0.234. The average molecular weight is 387 g/mol. The minimum atomic E-state index is -2.19. The molecule has 0 aliphatic carbocycles. The van der Waals surface area contributed by atoms with Crippen LogP contribution in [0.15, 0.2) is 0 Å². The van der Waals surface area contributed by atoms with E-state index in [1.807, 2.05) is 0 Å². The molecule has 0 spiro atoms. The standard InChI is InChI=1S/C6H9O.3C4H9.Sn/c1-3-5-7-6-4-2;3*1-3-4-2;/h3,5-6H2,1H3;3*1,3-4H2,2H3;. The monoisotopic (exact) mass is 388 g/mol. The van der Waals surface area contributed by atoms with Crippen LogP contribution in [-0.4, -0.2) is 31.6 Å². The molecule has 20 heavy (non-hydrogen) atoms. The van der Waals surface area contributed by atoms with Gasteiger partial charge in [0.15, 0.2) is 0 Å². The van der Waals surface area contributed by atoms with Crippen molar-refractivity contribution >= 4 is 18.4 Å². The van der Waals surface area contributed by atoms with E-state index in [1.165, 1.54) is 51.8 Å². The third-order valence-electron chi connectivity index (χ3n) is 3.90. The van der Waals surface area contributed by atoms with Gasteiger partial charge in [-0.05, 0) is 0 Å². The Hall–Kier alpha value is 0.319. The van der Waals surface area contributed by atoms with Crippen LogP contribution in [0.2, 0.25) is 13.3 Å². The number of rotatable bonds is 12. The summed E-state index contributed by atoms with van der Waals surface area (Å²) in [7, 11) is 0. The fraction of sp³-hybridized carbons (Fsp3) is 0.889. The molecule has 2 heteroatoms. The Morgan fingerprint density at radius 3 is 1.65 bits per heavy atom. The predicted octanol–water partition coefficient (Wildman–Crippen LogP) is 5.80. The van der Waals surface area contributed by atoms with Crippen LogP contribution < -0.4 is 0 Å². The summed E-state index contributed by atoms with van der Waals surface area (Å²) in [6, 6.07) is 0. The summed E-state index contributed by atoms with van der Waals surface area (Å²) in [6.07, 6.45) is 9.26. The number of hydrogen-bond donors (Lipinski definition) is 0. The molecule has 0 aromatic heterocycles. The van der Waals surface area contributed by atoms with Crippen LogP contribution in [0.3, 0.4) is 0 Å². The van der Waals surface area contributed by atoms with E-state index in [1.54, 1.807) is 0 Å². The molecular weight excluding hydrogens is 351 g/mol. The molecule has 0 heterocycles. The van der Waals surface area contributed by atoms with Crippen LogP contribution in [0, 0.1) is 9.86 Å². The molecular formula is C18H36OSn. The van der Waals surface area contributed by atoms with Crippen molar-refractivity contribution in [2.45, 2.75) is 86.0 Å². The molecule has 0 N–H and O–H groups in total. The summed E-state index contributed by atoms with van der Waals surface area (Å²) in [5.74, 6) is 3.41. The molecule has 0 unspecified atom stereocenters. The molecule has 0 bridgehead atoms. The Bertz CT molecular complexity index is 243. The van der Waals surface area contributed by atoms with Gasteiger partial charge >= 0.3 is 132 Å². The first-order valence-corrected chi connectivity index (χ1v) is 16.3. The molecule has 0 radical (unpaired) electrons. The van der Waals surface area contributed by atoms with Gasteiger partial charge in [0.25, 0.3) is 0 Å². The Balaban J connectivity index is 4.64. The average Bonchev–Trinajstić information content (AvgIpc) is 2.48. The van der Waals surface area contributed by atoms with Crippen molar-refractivity contribution in [3.05, 3.63) is 0 Å². The van der Waals surface area contributed by atoms with Gasteiger partial charge in [0.1, 0.15) is 0 Å². The van der Waals surface area contributed by atoms with Gasteiger partial charge in [0.05, 0.1) is 0 Å².